The van der Waals surface area contributed by atoms with E-state index in [4.69, 9.17) is 9.47 Å². The Hall–Kier alpha value is -6.18. The lowest BCUT2D eigenvalue weighted by Crippen LogP contribution is -2.48. The Bertz CT molecular complexity index is 1840. The molecule has 3 N–H and O–H groups in total. The van der Waals surface area contributed by atoms with Gasteiger partial charge in [-0.05, 0) is 53.1 Å². The maximum absolute atomic E-state index is 13.4. The lowest BCUT2D eigenvalue weighted by Gasteiger charge is -2.24. The maximum Gasteiger partial charge on any atom is 0.513 e. The number of hydrogen-bond acceptors (Lipinski definition) is 7. The van der Waals surface area contributed by atoms with E-state index in [1.807, 2.05) is 0 Å². The van der Waals surface area contributed by atoms with Crippen molar-refractivity contribution in [2.75, 3.05) is 26.0 Å². The van der Waals surface area contributed by atoms with Crippen molar-refractivity contribution in [3.05, 3.63) is 119 Å². The highest BCUT2D eigenvalue weighted by molar-refractivity contribution is 6.12. The second-order valence-electron chi connectivity index (χ2n) is 10.5. The fraction of sp³-hybridized carbons (Fsp3) is 0.147. The van der Waals surface area contributed by atoms with Gasteiger partial charge < -0.3 is 29.9 Å². The monoisotopic (exact) mass is 664 g/mol. The minimum Gasteiger partial charge on any atom is -0.480 e. The number of halogens is 3. The number of nitrogens with zero attached hydrogens (tertiary/aromatic N) is 1. The highest BCUT2D eigenvalue weighted by atomic mass is 19.4. The molecule has 4 rings (SSSR count). The molecule has 0 bridgehead atoms. The summed E-state index contributed by atoms with van der Waals surface area (Å²) in [7, 11) is 2.85. The number of ether oxygens (including phenoxy) is 2. The Labute approximate surface area is 271 Å². The van der Waals surface area contributed by atoms with Crippen LogP contribution in [0.3, 0.4) is 0 Å². The van der Waals surface area contributed by atoms with E-state index in [0.29, 0.717) is 11.1 Å². The lowest BCUT2D eigenvalue weighted by molar-refractivity contribution is -0.160. The zero-order chi connectivity index (χ0) is 35.2. The summed E-state index contributed by atoms with van der Waals surface area (Å²) < 4.78 is 49.2. The van der Waals surface area contributed by atoms with Crippen molar-refractivity contribution in [1.29, 1.82) is 0 Å². The Kier molecular flexibility index (Phi) is 10.2. The van der Waals surface area contributed by atoms with E-state index in [-0.39, 0.29) is 28.1 Å². The van der Waals surface area contributed by atoms with Crippen LogP contribution in [0.25, 0.3) is 11.1 Å². The predicted molar refractivity (Wildman–Crippen MR) is 165 cm³/mol. The fourth-order valence-electron chi connectivity index (χ4n) is 4.64. The third-order valence-electron chi connectivity index (χ3n) is 7.18. The number of benzene rings is 4. The average molecular weight is 665 g/mol. The smallest absolute Gasteiger partial charge is 0.480 e. The van der Waals surface area contributed by atoms with Gasteiger partial charge in [0.15, 0.2) is 0 Å². The Morgan fingerprint density at radius 2 is 1.35 bits per heavy atom. The predicted octanol–water partition coefficient (Wildman–Crippen LogP) is 5.95. The van der Waals surface area contributed by atoms with Gasteiger partial charge in [-0.3, -0.25) is 19.2 Å². The van der Waals surface area contributed by atoms with Crippen LogP contribution < -0.4 is 10.1 Å². The van der Waals surface area contributed by atoms with Crippen LogP contribution in [0.1, 0.15) is 31.8 Å². The number of carbonyl (C=O) groups is 5. The SMILES string of the molecule is CN(C)C(=O)c1cc(OC(=O)OCC(C(=O)O)(C(=O)O)c2ccccc2)ccc1NC(=O)c1ccccc1-c1ccc(C(F)(F)F)cc1. The molecule has 0 saturated carbocycles. The van der Waals surface area contributed by atoms with Crippen LogP contribution in [-0.4, -0.2) is 65.7 Å². The molecule has 248 valence electrons. The van der Waals surface area contributed by atoms with Gasteiger partial charge in [0, 0.05) is 19.7 Å². The zero-order valence-electron chi connectivity index (χ0n) is 25.3. The summed E-state index contributed by atoms with van der Waals surface area (Å²) in [6.45, 7) is -1.13. The number of carbonyl (C=O) groups excluding carboxylic acids is 3. The van der Waals surface area contributed by atoms with E-state index in [9.17, 15) is 47.4 Å². The fourth-order valence-corrected chi connectivity index (χ4v) is 4.64. The zero-order valence-corrected chi connectivity index (χ0v) is 25.3. The van der Waals surface area contributed by atoms with Gasteiger partial charge in [-0.25, -0.2) is 4.79 Å². The lowest BCUT2D eigenvalue weighted by atomic mass is 9.81. The minimum absolute atomic E-state index is 0.0125. The molecule has 0 aliphatic rings. The number of amides is 2. The number of hydrogen-bond donors (Lipinski definition) is 3. The number of nitrogens with one attached hydrogen (secondary N) is 1. The van der Waals surface area contributed by atoms with Crippen LogP contribution in [0.5, 0.6) is 5.75 Å². The van der Waals surface area contributed by atoms with Crippen molar-refractivity contribution in [3.8, 4) is 16.9 Å². The van der Waals surface area contributed by atoms with Gasteiger partial charge in [-0.1, -0.05) is 60.7 Å². The summed E-state index contributed by atoms with van der Waals surface area (Å²) in [5.74, 6) is -5.16. The van der Waals surface area contributed by atoms with Crippen LogP contribution in [0.4, 0.5) is 23.7 Å². The summed E-state index contributed by atoms with van der Waals surface area (Å²) in [4.78, 5) is 64.4. The standard InChI is InChI=1S/C34H27F3N2O9/c1-39(2)29(41)26-18-23(48-32(46)47-19-33(30(42)43,31(44)45)21-8-4-3-5-9-21)16-17-27(26)38-28(40)25-11-7-6-10-24(25)20-12-14-22(15-13-20)34(35,36)37/h3-18H,19H2,1-2H3,(H,38,40)(H,42,43)(H,44,45). The number of anilines is 1. The van der Waals surface area contributed by atoms with Crippen LogP contribution in [0.15, 0.2) is 97.1 Å². The number of carboxylic acid groups (broad SMARTS) is 2. The molecular weight excluding hydrogens is 637 g/mol. The van der Waals surface area contributed by atoms with Crippen molar-refractivity contribution < 1.29 is 56.8 Å². The quantitative estimate of drug-likeness (QED) is 0.106. The van der Waals surface area contributed by atoms with Gasteiger partial charge in [-0.15, -0.1) is 0 Å². The van der Waals surface area contributed by atoms with Crippen molar-refractivity contribution in [3.63, 3.8) is 0 Å². The largest absolute Gasteiger partial charge is 0.513 e. The molecule has 0 spiro atoms. The van der Waals surface area contributed by atoms with E-state index >= 15 is 0 Å². The summed E-state index contributed by atoms with van der Waals surface area (Å²) in [6.07, 6.45) is -6.01. The van der Waals surface area contributed by atoms with E-state index in [2.05, 4.69) is 5.32 Å². The summed E-state index contributed by atoms with van der Waals surface area (Å²) in [5.41, 5.74) is -3.06. The number of carboxylic acids is 2. The third-order valence-corrected chi connectivity index (χ3v) is 7.18. The molecular formula is C34H27F3N2O9. The minimum atomic E-state index is -4.54. The molecule has 0 fully saturated rings. The van der Waals surface area contributed by atoms with Crippen LogP contribution in [-0.2, 0) is 25.9 Å². The van der Waals surface area contributed by atoms with Crippen LogP contribution in [0, 0.1) is 0 Å². The van der Waals surface area contributed by atoms with Gasteiger partial charge in [0.2, 0.25) is 5.41 Å². The Morgan fingerprint density at radius 1 is 0.750 bits per heavy atom. The molecule has 0 unspecified atom stereocenters. The third kappa shape index (κ3) is 7.44. The number of alkyl halides is 3. The van der Waals surface area contributed by atoms with Gasteiger partial charge >= 0.3 is 24.3 Å². The first kappa shape index (κ1) is 34.7. The Balaban J connectivity index is 1.58. The van der Waals surface area contributed by atoms with Gasteiger partial charge in [0.1, 0.15) is 12.4 Å². The first-order valence-electron chi connectivity index (χ1n) is 14.0. The molecule has 0 radical (unpaired) electrons. The normalized spacial score (nSPS) is 11.3. The van der Waals surface area contributed by atoms with E-state index < -0.39 is 53.7 Å². The molecule has 48 heavy (non-hydrogen) atoms. The molecule has 0 saturated heterocycles. The van der Waals surface area contributed by atoms with Gasteiger partial charge in [0.05, 0.1) is 16.8 Å². The Morgan fingerprint density at radius 3 is 1.94 bits per heavy atom. The second-order valence-corrected chi connectivity index (χ2v) is 10.5. The van der Waals surface area contributed by atoms with Crippen molar-refractivity contribution in [2.45, 2.75) is 11.6 Å². The summed E-state index contributed by atoms with van der Waals surface area (Å²) in [5, 5.41) is 22.2. The maximum atomic E-state index is 13.4. The summed E-state index contributed by atoms with van der Waals surface area (Å²) in [6, 6.07) is 20.9. The highest BCUT2D eigenvalue weighted by Gasteiger charge is 2.50. The first-order valence-corrected chi connectivity index (χ1v) is 14.0. The first-order chi connectivity index (χ1) is 22.6. The number of rotatable bonds is 10. The average Bonchev–Trinajstić information content (AvgIpc) is 3.05. The molecule has 14 heteroatoms. The van der Waals surface area contributed by atoms with Crippen LogP contribution in [0.2, 0.25) is 0 Å². The van der Waals surface area contributed by atoms with Crippen molar-refractivity contribution in [2.24, 2.45) is 0 Å². The number of aliphatic carboxylic acids is 2. The molecule has 2 amide bonds. The van der Waals surface area contributed by atoms with Crippen LogP contribution >= 0.6 is 0 Å². The molecule has 4 aromatic carbocycles. The van der Waals surface area contributed by atoms with E-state index in [1.54, 1.807) is 24.3 Å². The van der Waals surface area contributed by atoms with Gasteiger partial charge in [0.25, 0.3) is 11.8 Å². The second kappa shape index (κ2) is 14.1. The molecule has 0 aliphatic heterocycles. The topological polar surface area (TPSA) is 160 Å². The molecule has 4 aromatic rings. The van der Waals surface area contributed by atoms with E-state index in [0.717, 1.165) is 18.2 Å². The molecule has 0 aliphatic carbocycles. The van der Waals surface area contributed by atoms with Gasteiger partial charge in [-0.2, -0.15) is 13.2 Å². The van der Waals surface area contributed by atoms with Crippen molar-refractivity contribution >= 4 is 35.6 Å². The summed E-state index contributed by atoms with van der Waals surface area (Å²) >= 11 is 0. The molecule has 11 nitrogen and oxygen atoms in total. The van der Waals surface area contributed by atoms with Crippen molar-refractivity contribution in [1.82, 2.24) is 4.90 Å². The van der Waals surface area contributed by atoms with E-state index in [1.165, 1.54) is 73.6 Å². The highest BCUT2D eigenvalue weighted by Crippen LogP contribution is 2.33. The molecule has 0 atom stereocenters. The molecule has 0 aromatic heterocycles. The molecule has 0 heterocycles.